The van der Waals surface area contributed by atoms with Crippen molar-refractivity contribution in [2.45, 2.75) is 26.2 Å². The average molecular weight is 228 g/mol. The van der Waals surface area contributed by atoms with E-state index in [9.17, 15) is 9.59 Å². The Morgan fingerprint density at radius 3 is 2.50 bits per heavy atom. The summed E-state index contributed by atoms with van der Waals surface area (Å²) < 4.78 is 4.98. The second-order valence-electron chi connectivity index (χ2n) is 4.08. The summed E-state index contributed by atoms with van der Waals surface area (Å²) in [6.07, 6.45) is 2.03. The highest BCUT2D eigenvalue weighted by molar-refractivity contribution is 5.74. The highest BCUT2D eigenvalue weighted by Gasteiger charge is 2.25. The van der Waals surface area contributed by atoms with Gasteiger partial charge >= 0.3 is 5.97 Å². The van der Waals surface area contributed by atoms with Crippen molar-refractivity contribution in [1.82, 2.24) is 4.90 Å². The van der Waals surface area contributed by atoms with Crippen molar-refractivity contribution in [3.05, 3.63) is 0 Å². The van der Waals surface area contributed by atoms with E-state index in [-0.39, 0.29) is 17.8 Å². The average Bonchev–Trinajstić information content (AvgIpc) is 2.27. The van der Waals surface area contributed by atoms with Gasteiger partial charge in [-0.15, -0.1) is 0 Å². The largest absolute Gasteiger partial charge is 0.466 e. The van der Waals surface area contributed by atoms with E-state index in [0.717, 1.165) is 25.9 Å². The van der Waals surface area contributed by atoms with Gasteiger partial charge in [-0.25, -0.2) is 0 Å². The summed E-state index contributed by atoms with van der Waals surface area (Å²) in [5.74, 6) is -0.325. The van der Waals surface area contributed by atoms with Crippen LogP contribution in [0.1, 0.15) is 26.2 Å². The molecule has 1 heterocycles. The van der Waals surface area contributed by atoms with E-state index >= 15 is 0 Å². The second kappa shape index (κ2) is 6.48. The maximum Gasteiger partial charge on any atom is 0.309 e. The lowest BCUT2D eigenvalue weighted by molar-refractivity contribution is -0.149. The Bertz CT molecular complexity index is 248. The first kappa shape index (κ1) is 13.0. The first-order valence-electron chi connectivity index (χ1n) is 5.80. The van der Waals surface area contributed by atoms with Gasteiger partial charge in [0.2, 0.25) is 5.91 Å². The SMILES string of the molecule is CCOC(=O)C1CCN(CCC(N)=O)CC1. The summed E-state index contributed by atoms with van der Waals surface area (Å²) in [5.41, 5.74) is 5.08. The van der Waals surface area contributed by atoms with Gasteiger partial charge in [0.15, 0.2) is 0 Å². The van der Waals surface area contributed by atoms with Crippen molar-refractivity contribution < 1.29 is 14.3 Å². The lowest BCUT2D eigenvalue weighted by Gasteiger charge is -2.30. The molecule has 1 amide bonds. The van der Waals surface area contributed by atoms with Crippen molar-refractivity contribution in [3.63, 3.8) is 0 Å². The molecule has 0 unspecified atom stereocenters. The van der Waals surface area contributed by atoms with Gasteiger partial charge in [-0.05, 0) is 32.9 Å². The van der Waals surface area contributed by atoms with Crippen molar-refractivity contribution in [2.24, 2.45) is 11.7 Å². The molecule has 0 aromatic rings. The van der Waals surface area contributed by atoms with Crippen LogP contribution in [-0.4, -0.2) is 43.0 Å². The highest BCUT2D eigenvalue weighted by atomic mass is 16.5. The number of likely N-dealkylation sites (tertiary alicyclic amines) is 1. The van der Waals surface area contributed by atoms with E-state index in [1.807, 2.05) is 6.92 Å². The van der Waals surface area contributed by atoms with Crippen LogP contribution >= 0.6 is 0 Å². The number of esters is 1. The Hall–Kier alpha value is -1.10. The molecule has 1 aliphatic heterocycles. The number of nitrogens with zero attached hydrogens (tertiary/aromatic N) is 1. The molecule has 92 valence electrons. The first-order chi connectivity index (χ1) is 7.63. The topological polar surface area (TPSA) is 72.6 Å². The van der Waals surface area contributed by atoms with Crippen LogP contribution in [-0.2, 0) is 14.3 Å². The molecule has 1 fully saturated rings. The molecule has 1 saturated heterocycles. The number of primary amides is 1. The Morgan fingerprint density at radius 2 is 2.00 bits per heavy atom. The summed E-state index contributed by atoms with van der Waals surface area (Å²) >= 11 is 0. The molecular formula is C11H20N2O3. The summed E-state index contributed by atoms with van der Waals surface area (Å²) in [7, 11) is 0. The van der Waals surface area contributed by atoms with Gasteiger partial charge in [0.05, 0.1) is 12.5 Å². The van der Waals surface area contributed by atoms with Gasteiger partial charge in [0, 0.05) is 13.0 Å². The van der Waals surface area contributed by atoms with Gasteiger partial charge in [0.1, 0.15) is 0 Å². The van der Waals surface area contributed by atoms with Crippen LogP contribution in [0, 0.1) is 5.92 Å². The molecule has 0 aliphatic carbocycles. The number of nitrogens with two attached hydrogens (primary N) is 1. The molecule has 0 aromatic carbocycles. The maximum atomic E-state index is 11.5. The van der Waals surface area contributed by atoms with E-state index in [1.165, 1.54) is 0 Å². The number of hydrogen-bond acceptors (Lipinski definition) is 4. The Balaban J connectivity index is 2.23. The standard InChI is InChI=1S/C11H20N2O3/c1-2-16-11(15)9-3-6-13(7-4-9)8-5-10(12)14/h9H,2-8H2,1H3,(H2,12,14). The predicted molar refractivity (Wildman–Crippen MR) is 59.6 cm³/mol. The van der Waals surface area contributed by atoms with Gasteiger partial charge in [-0.2, -0.15) is 0 Å². The third-order valence-electron chi connectivity index (χ3n) is 2.88. The first-order valence-corrected chi connectivity index (χ1v) is 5.80. The van der Waals surface area contributed by atoms with E-state index in [4.69, 9.17) is 10.5 Å². The van der Waals surface area contributed by atoms with Gasteiger partial charge < -0.3 is 15.4 Å². The fourth-order valence-corrected chi connectivity index (χ4v) is 1.92. The van der Waals surface area contributed by atoms with Crippen molar-refractivity contribution in [2.75, 3.05) is 26.2 Å². The van der Waals surface area contributed by atoms with Gasteiger partial charge in [-0.1, -0.05) is 0 Å². The summed E-state index contributed by atoms with van der Waals surface area (Å²) in [6, 6.07) is 0. The van der Waals surface area contributed by atoms with Crippen LogP contribution in [0.5, 0.6) is 0 Å². The molecule has 0 bridgehead atoms. The molecule has 0 aromatic heterocycles. The van der Waals surface area contributed by atoms with E-state index in [1.54, 1.807) is 0 Å². The molecule has 1 aliphatic rings. The minimum atomic E-state index is -0.271. The smallest absolute Gasteiger partial charge is 0.309 e. The number of hydrogen-bond donors (Lipinski definition) is 1. The molecule has 1 rings (SSSR count). The molecule has 5 heteroatoms. The predicted octanol–water partition coefficient (Wildman–Crippen LogP) is 0.137. The third kappa shape index (κ3) is 4.18. The van der Waals surface area contributed by atoms with E-state index in [0.29, 0.717) is 19.6 Å². The molecular weight excluding hydrogens is 208 g/mol. The number of piperidine rings is 1. The van der Waals surface area contributed by atoms with Gasteiger partial charge in [0.25, 0.3) is 0 Å². The van der Waals surface area contributed by atoms with Crippen LogP contribution in [0.2, 0.25) is 0 Å². The highest BCUT2D eigenvalue weighted by Crippen LogP contribution is 2.18. The minimum Gasteiger partial charge on any atom is -0.466 e. The molecule has 0 spiro atoms. The van der Waals surface area contributed by atoms with Crippen molar-refractivity contribution in [1.29, 1.82) is 0 Å². The van der Waals surface area contributed by atoms with E-state index < -0.39 is 0 Å². The molecule has 5 nitrogen and oxygen atoms in total. The zero-order valence-corrected chi connectivity index (χ0v) is 9.78. The number of carbonyl (C=O) groups is 2. The number of ether oxygens (including phenoxy) is 1. The quantitative estimate of drug-likeness (QED) is 0.679. The second-order valence-corrected chi connectivity index (χ2v) is 4.08. The fraction of sp³-hybridized carbons (Fsp3) is 0.818. The summed E-state index contributed by atoms with van der Waals surface area (Å²) in [6.45, 7) is 4.65. The lowest BCUT2D eigenvalue weighted by atomic mass is 9.97. The van der Waals surface area contributed by atoms with Crippen LogP contribution in [0.25, 0.3) is 0 Å². The van der Waals surface area contributed by atoms with Gasteiger partial charge in [-0.3, -0.25) is 9.59 Å². The Morgan fingerprint density at radius 1 is 1.38 bits per heavy atom. The van der Waals surface area contributed by atoms with Crippen LogP contribution in [0.4, 0.5) is 0 Å². The summed E-state index contributed by atoms with van der Waals surface area (Å²) in [4.78, 5) is 24.2. The lowest BCUT2D eigenvalue weighted by Crippen LogP contribution is -2.38. The molecule has 16 heavy (non-hydrogen) atoms. The molecule has 0 saturated carbocycles. The van der Waals surface area contributed by atoms with Crippen molar-refractivity contribution >= 4 is 11.9 Å². The molecule has 0 radical (unpaired) electrons. The molecule has 2 N–H and O–H groups in total. The fourth-order valence-electron chi connectivity index (χ4n) is 1.92. The Labute approximate surface area is 95.9 Å². The summed E-state index contributed by atoms with van der Waals surface area (Å²) in [5, 5.41) is 0. The van der Waals surface area contributed by atoms with Crippen molar-refractivity contribution in [3.8, 4) is 0 Å². The van der Waals surface area contributed by atoms with Crippen LogP contribution in [0.3, 0.4) is 0 Å². The van der Waals surface area contributed by atoms with Crippen LogP contribution < -0.4 is 5.73 Å². The molecule has 0 atom stereocenters. The monoisotopic (exact) mass is 228 g/mol. The van der Waals surface area contributed by atoms with Crippen LogP contribution in [0.15, 0.2) is 0 Å². The normalized spacial score (nSPS) is 18.3. The number of rotatable bonds is 5. The Kier molecular flexibility index (Phi) is 5.25. The number of carbonyl (C=O) groups excluding carboxylic acids is 2. The zero-order valence-electron chi connectivity index (χ0n) is 9.78. The zero-order chi connectivity index (χ0) is 12.0. The third-order valence-corrected chi connectivity index (χ3v) is 2.88. The number of amides is 1. The maximum absolute atomic E-state index is 11.5. The minimum absolute atomic E-state index is 0.0322. The van der Waals surface area contributed by atoms with E-state index in [2.05, 4.69) is 4.90 Å².